The topological polar surface area (TPSA) is 58.0 Å². The van der Waals surface area contributed by atoms with Crippen LogP contribution in [-0.2, 0) is 6.42 Å². The number of aliphatic hydroxyl groups is 1. The van der Waals surface area contributed by atoms with E-state index in [9.17, 15) is 0 Å². The lowest BCUT2D eigenvalue weighted by atomic mass is 10.1. The molecular weight excluding hydrogens is 178 g/mol. The van der Waals surface area contributed by atoms with E-state index in [0.29, 0.717) is 0 Å². The predicted octanol–water partition coefficient (Wildman–Crippen LogP) is 1.22. The molecule has 0 aliphatic carbocycles. The van der Waals surface area contributed by atoms with Crippen molar-refractivity contribution >= 4 is 5.82 Å². The zero-order valence-corrected chi connectivity index (χ0v) is 8.91. The summed E-state index contributed by atoms with van der Waals surface area (Å²) in [7, 11) is 0. The second-order valence-electron chi connectivity index (χ2n) is 3.92. The monoisotopic (exact) mass is 195 g/mol. The van der Waals surface area contributed by atoms with Crippen molar-refractivity contribution < 1.29 is 5.11 Å². The SMILES string of the molecule is CCc1cc(NC(C)(C)CO)ncn1. The Morgan fingerprint density at radius 2 is 2.14 bits per heavy atom. The van der Waals surface area contributed by atoms with Crippen LogP contribution < -0.4 is 5.32 Å². The van der Waals surface area contributed by atoms with Gasteiger partial charge in [0.05, 0.1) is 12.1 Å². The number of aromatic nitrogens is 2. The maximum absolute atomic E-state index is 9.08. The summed E-state index contributed by atoms with van der Waals surface area (Å²) in [4.78, 5) is 8.19. The molecule has 1 aromatic rings. The quantitative estimate of drug-likeness (QED) is 0.758. The first kappa shape index (κ1) is 10.9. The molecule has 0 saturated heterocycles. The minimum Gasteiger partial charge on any atom is -0.394 e. The molecule has 1 rings (SSSR count). The molecule has 0 saturated carbocycles. The first-order valence-corrected chi connectivity index (χ1v) is 4.77. The highest BCUT2D eigenvalue weighted by Gasteiger charge is 2.16. The Bertz CT molecular complexity index is 299. The predicted molar refractivity (Wildman–Crippen MR) is 56.2 cm³/mol. The first-order chi connectivity index (χ1) is 6.57. The van der Waals surface area contributed by atoms with E-state index in [2.05, 4.69) is 15.3 Å². The van der Waals surface area contributed by atoms with Gasteiger partial charge in [-0.3, -0.25) is 0 Å². The van der Waals surface area contributed by atoms with E-state index in [-0.39, 0.29) is 12.1 Å². The Kier molecular flexibility index (Phi) is 3.41. The number of aryl methyl sites for hydroxylation is 1. The summed E-state index contributed by atoms with van der Waals surface area (Å²) in [6.07, 6.45) is 2.42. The Balaban J connectivity index is 2.76. The second-order valence-corrected chi connectivity index (χ2v) is 3.92. The van der Waals surface area contributed by atoms with Gasteiger partial charge in [0.25, 0.3) is 0 Å². The highest BCUT2D eigenvalue weighted by molar-refractivity contribution is 5.37. The van der Waals surface area contributed by atoms with Crippen LogP contribution in [0.25, 0.3) is 0 Å². The van der Waals surface area contributed by atoms with E-state index in [1.807, 2.05) is 26.8 Å². The third-order valence-electron chi connectivity index (χ3n) is 1.95. The average molecular weight is 195 g/mol. The summed E-state index contributed by atoms with van der Waals surface area (Å²) in [6.45, 7) is 5.95. The van der Waals surface area contributed by atoms with Crippen molar-refractivity contribution in [2.75, 3.05) is 11.9 Å². The van der Waals surface area contributed by atoms with Crippen molar-refractivity contribution in [1.29, 1.82) is 0 Å². The molecule has 4 nitrogen and oxygen atoms in total. The summed E-state index contributed by atoms with van der Waals surface area (Å²) in [5.41, 5.74) is 0.649. The van der Waals surface area contributed by atoms with Crippen LogP contribution in [-0.4, -0.2) is 27.2 Å². The number of nitrogens with zero attached hydrogens (tertiary/aromatic N) is 2. The lowest BCUT2D eigenvalue weighted by molar-refractivity contribution is 0.234. The summed E-state index contributed by atoms with van der Waals surface area (Å²) in [5, 5.41) is 12.2. The largest absolute Gasteiger partial charge is 0.394 e. The number of hydrogen-bond acceptors (Lipinski definition) is 4. The van der Waals surface area contributed by atoms with E-state index in [1.165, 1.54) is 6.33 Å². The van der Waals surface area contributed by atoms with Gasteiger partial charge in [0.15, 0.2) is 0 Å². The van der Waals surface area contributed by atoms with Gasteiger partial charge in [-0.25, -0.2) is 9.97 Å². The molecule has 0 bridgehead atoms. The lowest BCUT2D eigenvalue weighted by Crippen LogP contribution is -2.35. The highest BCUT2D eigenvalue weighted by Crippen LogP contribution is 2.12. The van der Waals surface area contributed by atoms with Gasteiger partial charge in [-0.2, -0.15) is 0 Å². The van der Waals surface area contributed by atoms with Crippen LogP contribution in [0.15, 0.2) is 12.4 Å². The molecule has 0 radical (unpaired) electrons. The van der Waals surface area contributed by atoms with E-state index < -0.39 is 0 Å². The molecule has 4 heteroatoms. The Morgan fingerprint density at radius 3 is 2.71 bits per heavy atom. The fourth-order valence-corrected chi connectivity index (χ4v) is 1.05. The first-order valence-electron chi connectivity index (χ1n) is 4.77. The van der Waals surface area contributed by atoms with E-state index in [1.54, 1.807) is 0 Å². The van der Waals surface area contributed by atoms with Crippen LogP contribution in [0.1, 0.15) is 26.5 Å². The minimum atomic E-state index is -0.348. The third kappa shape index (κ3) is 2.96. The molecule has 2 N–H and O–H groups in total. The second kappa shape index (κ2) is 4.37. The van der Waals surface area contributed by atoms with Gasteiger partial charge in [0, 0.05) is 11.8 Å². The van der Waals surface area contributed by atoms with Crippen LogP contribution in [0.5, 0.6) is 0 Å². The van der Waals surface area contributed by atoms with Crippen LogP contribution in [0, 0.1) is 0 Å². The third-order valence-corrected chi connectivity index (χ3v) is 1.95. The molecule has 1 heterocycles. The van der Waals surface area contributed by atoms with Crippen molar-refractivity contribution in [3.63, 3.8) is 0 Å². The molecule has 0 fully saturated rings. The zero-order valence-electron chi connectivity index (χ0n) is 8.91. The van der Waals surface area contributed by atoms with Gasteiger partial charge in [0.1, 0.15) is 12.1 Å². The number of nitrogens with one attached hydrogen (secondary N) is 1. The summed E-state index contributed by atoms with van der Waals surface area (Å²) >= 11 is 0. The van der Waals surface area contributed by atoms with Gasteiger partial charge in [-0.05, 0) is 20.3 Å². The van der Waals surface area contributed by atoms with Crippen LogP contribution >= 0.6 is 0 Å². The van der Waals surface area contributed by atoms with Gasteiger partial charge < -0.3 is 10.4 Å². The number of hydrogen-bond donors (Lipinski definition) is 2. The highest BCUT2D eigenvalue weighted by atomic mass is 16.3. The fraction of sp³-hybridized carbons (Fsp3) is 0.600. The Hall–Kier alpha value is -1.16. The standard InChI is InChI=1S/C10H17N3O/c1-4-8-5-9(12-7-11-8)13-10(2,3)6-14/h5,7,14H,4,6H2,1-3H3,(H,11,12,13). The maximum Gasteiger partial charge on any atom is 0.130 e. The summed E-state index contributed by atoms with van der Waals surface area (Å²) < 4.78 is 0. The van der Waals surface area contributed by atoms with Gasteiger partial charge >= 0.3 is 0 Å². The number of rotatable bonds is 4. The zero-order chi connectivity index (χ0) is 10.6. The molecule has 78 valence electrons. The number of anilines is 1. The van der Waals surface area contributed by atoms with Crippen molar-refractivity contribution in [3.05, 3.63) is 18.1 Å². The molecule has 0 atom stereocenters. The molecule has 0 amide bonds. The molecule has 14 heavy (non-hydrogen) atoms. The van der Waals surface area contributed by atoms with Crippen molar-refractivity contribution in [1.82, 2.24) is 9.97 Å². The summed E-state index contributed by atoms with van der Waals surface area (Å²) in [5.74, 6) is 0.760. The van der Waals surface area contributed by atoms with Crippen molar-refractivity contribution in [2.45, 2.75) is 32.7 Å². The molecule has 0 aliphatic rings. The molecule has 0 aliphatic heterocycles. The van der Waals surface area contributed by atoms with Crippen molar-refractivity contribution in [3.8, 4) is 0 Å². The van der Waals surface area contributed by atoms with Gasteiger partial charge in [-0.1, -0.05) is 6.92 Å². The van der Waals surface area contributed by atoms with Gasteiger partial charge in [-0.15, -0.1) is 0 Å². The summed E-state index contributed by atoms with van der Waals surface area (Å²) in [6, 6.07) is 1.90. The smallest absolute Gasteiger partial charge is 0.130 e. The van der Waals surface area contributed by atoms with Crippen LogP contribution in [0.3, 0.4) is 0 Å². The molecule has 0 spiro atoms. The van der Waals surface area contributed by atoms with E-state index in [0.717, 1.165) is 17.9 Å². The maximum atomic E-state index is 9.08. The minimum absolute atomic E-state index is 0.0679. The van der Waals surface area contributed by atoms with Gasteiger partial charge in [0.2, 0.25) is 0 Å². The van der Waals surface area contributed by atoms with Crippen LogP contribution in [0.4, 0.5) is 5.82 Å². The average Bonchev–Trinajstić information content (AvgIpc) is 2.17. The molecule has 0 unspecified atom stereocenters. The van der Waals surface area contributed by atoms with E-state index in [4.69, 9.17) is 5.11 Å². The van der Waals surface area contributed by atoms with Crippen molar-refractivity contribution in [2.24, 2.45) is 0 Å². The molecule has 1 aromatic heterocycles. The lowest BCUT2D eigenvalue weighted by Gasteiger charge is -2.24. The fourth-order valence-electron chi connectivity index (χ4n) is 1.05. The Labute approximate surface area is 84.4 Å². The van der Waals surface area contributed by atoms with E-state index >= 15 is 0 Å². The number of aliphatic hydroxyl groups excluding tert-OH is 1. The normalized spacial score (nSPS) is 11.4. The molecular formula is C10H17N3O. The molecule has 0 aromatic carbocycles. The van der Waals surface area contributed by atoms with Crippen LogP contribution in [0.2, 0.25) is 0 Å². The Morgan fingerprint density at radius 1 is 1.43 bits per heavy atom.